The number of amides is 2. The molecular formula is C36H36N2O6. The molecule has 4 atom stereocenters. The maximum absolute atomic E-state index is 14.3. The summed E-state index contributed by atoms with van der Waals surface area (Å²) in [5.74, 6) is -2.76. The number of Topliss-reactive ketones (excluding diaryl/α,β-unsaturated/α-hetero) is 1. The highest BCUT2D eigenvalue weighted by Crippen LogP contribution is 2.57. The van der Waals surface area contributed by atoms with Gasteiger partial charge in [0.25, 0.3) is 0 Å². The molecule has 226 valence electrons. The molecule has 8 heteroatoms. The number of hydrogen-bond acceptors (Lipinski definition) is 7. The largest absolute Gasteiger partial charge is 0.507 e. The molecule has 5 aliphatic rings. The van der Waals surface area contributed by atoms with Gasteiger partial charge < -0.3 is 9.84 Å². The van der Waals surface area contributed by atoms with Gasteiger partial charge >= 0.3 is 0 Å². The number of imide groups is 1. The van der Waals surface area contributed by atoms with Gasteiger partial charge in [0.1, 0.15) is 11.5 Å². The smallest absolute Gasteiger partial charge is 0.233 e. The van der Waals surface area contributed by atoms with Gasteiger partial charge in [-0.1, -0.05) is 48.0 Å². The molecule has 0 bridgehead atoms. The molecule has 0 radical (unpaired) electrons. The van der Waals surface area contributed by atoms with Gasteiger partial charge in [0, 0.05) is 53.9 Å². The predicted octanol–water partition coefficient (Wildman–Crippen LogP) is 4.49. The van der Waals surface area contributed by atoms with Crippen molar-refractivity contribution in [2.24, 2.45) is 17.8 Å². The number of methoxy groups -OCH3 is 1. The van der Waals surface area contributed by atoms with Crippen molar-refractivity contribution in [2.75, 3.05) is 20.2 Å². The number of aromatic hydroxyl groups is 1. The summed E-state index contributed by atoms with van der Waals surface area (Å²) >= 11 is 0. The Labute approximate surface area is 256 Å². The van der Waals surface area contributed by atoms with Crippen molar-refractivity contribution in [3.8, 4) is 11.5 Å². The number of carbonyl (C=O) groups is 4. The van der Waals surface area contributed by atoms with Crippen LogP contribution >= 0.6 is 0 Å². The van der Waals surface area contributed by atoms with Gasteiger partial charge in [0.05, 0.1) is 18.9 Å². The van der Waals surface area contributed by atoms with E-state index in [2.05, 4.69) is 17.0 Å². The Morgan fingerprint density at radius 1 is 0.932 bits per heavy atom. The van der Waals surface area contributed by atoms with Crippen LogP contribution in [0.25, 0.3) is 0 Å². The summed E-state index contributed by atoms with van der Waals surface area (Å²) in [5.41, 5.74) is 3.52. The van der Waals surface area contributed by atoms with Crippen molar-refractivity contribution in [3.05, 3.63) is 94.1 Å². The number of likely N-dealkylation sites (tertiary alicyclic amines) is 2. The molecule has 2 aromatic carbocycles. The van der Waals surface area contributed by atoms with E-state index in [0.29, 0.717) is 34.5 Å². The van der Waals surface area contributed by atoms with Crippen LogP contribution in [0.3, 0.4) is 0 Å². The quantitative estimate of drug-likeness (QED) is 0.310. The fraction of sp³-hybridized carbons (Fsp3) is 0.389. The average Bonchev–Trinajstić information content (AvgIpc) is 3.29. The summed E-state index contributed by atoms with van der Waals surface area (Å²) < 4.78 is 5.63. The standard InChI is InChI=1S/C36H36N2O6/c1-20-17-28(40)31-26(34(20)41)18-25-23(32(31)33-27(39)9-6-10-29(33)44-2)11-12-24-30(25)36(43)38(35(24)42)22-13-15-37(16-14-22)19-21-7-4-3-5-8-21/h3-11,17,22,24-25,30,32,39H,12-16,18-19H2,1-2H3. The van der Waals surface area contributed by atoms with Crippen molar-refractivity contribution in [1.82, 2.24) is 9.80 Å². The number of phenols is 1. The second-order valence-electron chi connectivity index (χ2n) is 12.7. The third kappa shape index (κ3) is 4.46. The van der Waals surface area contributed by atoms with Crippen LogP contribution in [0.5, 0.6) is 11.5 Å². The molecule has 2 aromatic rings. The molecular weight excluding hydrogens is 556 g/mol. The van der Waals surface area contributed by atoms with E-state index >= 15 is 0 Å². The van der Waals surface area contributed by atoms with Crippen molar-refractivity contribution in [3.63, 3.8) is 0 Å². The van der Waals surface area contributed by atoms with E-state index in [1.54, 1.807) is 25.1 Å². The molecule has 0 spiro atoms. The van der Waals surface area contributed by atoms with E-state index in [1.807, 2.05) is 24.3 Å². The molecule has 8 nitrogen and oxygen atoms in total. The minimum atomic E-state index is -0.750. The molecule has 2 heterocycles. The van der Waals surface area contributed by atoms with E-state index < -0.39 is 23.7 Å². The number of carbonyl (C=O) groups excluding carboxylic acids is 4. The van der Waals surface area contributed by atoms with Crippen LogP contribution in [0.1, 0.15) is 49.7 Å². The second kappa shape index (κ2) is 11.0. The summed E-state index contributed by atoms with van der Waals surface area (Å²) in [4.78, 5) is 59.2. The molecule has 2 fully saturated rings. The summed E-state index contributed by atoms with van der Waals surface area (Å²) in [5, 5.41) is 11.1. The lowest BCUT2D eigenvalue weighted by Gasteiger charge is -2.42. The average molecular weight is 593 g/mol. The summed E-state index contributed by atoms with van der Waals surface area (Å²) in [7, 11) is 1.50. The Hall–Kier alpha value is -4.30. The molecule has 2 saturated heterocycles. The number of benzene rings is 2. The Bertz CT molecular complexity index is 1660. The molecule has 7 rings (SSSR count). The van der Waals surface area contributed by atoms with Gasteiger partial charge in [-0.3, -0.25) is 29.0 Å². The lowest BCUT2D eigenvalue weighted by molar-refractivity contribution is -0.144. The normalized spacial score (nSPS) is 27.5. The van der Waals surface area contributed by atoms with Gasteiger partial charge in [-0.05, 0) is 62.3 Å². The lowest BCUT2D eigenvalue weighted by Crippen LogP contribution is -2.47. The van der Waals surface area contributed by atoms with Crippen molar-refractivity contribution in [2.45, 2.75) is 51.1 Å². The molecule has 44 heavy (non-hydrogen) atoms. The molecule has 2 aliphatic heterocycles. The highest BCUT2D eigenvalue weighted by atomic mass is 16.5. The van der Waals surface area contributed by atoms with E-state index in [9.17, 15) is 24.3 Å². The van der Waals surface area contributed by atoms with Crippen LogP contribution in [-0.4, -0.2) is 64.5 Å². The SMILES string of the molecule is COc1cccc(O)c1C1C2=CCC3C(=O)N(C4CCN(Cc5ccccc5)CC4)C(=O)C3C2CC2=C1C(=O)C=C(C)C2=O. The van der Waals surface area contributed by atoms with E-state index in [0.717, 1.165) is 38.0 Å². The maximum atomic E-state index is 14.3. The first-order chi connectivity index (χ1) is 21.3. The molecule has 3 aliphatic carbocycles. The minimum absolute atomic E-state index is 0.0471. The van der Waals surface area contributed by atoms with Crippen molar-refractivity contribution < 1.29 is 29.0 Å². The number of rotatable bonds is 5. The Morgan fingerprint density at radius 3 is 2.41 bits per heavy atom. The zero-order valence-corrected chi connectivity index (χ0v) is 25.0. The van der Waals surface area contributed by atoms with E-state index in [4.69, 9.17) is 4.74 Å². The van der Waals surface area contributed by atoms with Crippen LogP contribution in [0.2, 0.25) is 0 Å². The van der Waals surface area contributed by atoms with Crippen molar-refractivity contribution >= 4 is 23.4 Å². The van der Waals surface area contributed by atoms with Gasteiger partial charge in [0.2, 0.25) is 11.8 Å². The molecule has 2 amide bonds. The number of nitrogens with zero attached hydrogens (tertiary/aromatic N) is 2. The Balaban J connectivity index is 1.21. The van der Waals surface area contributed by atoms with Crippen LogP contribution in [-0.2, 0) is 25.7 Å². The van der Waals surface area contributed by atoms with Crippen LogP contribution < -0.4 is 4.74 Å². The lowest BCUT2D eigenvalue weighted by atomic mass is 9.59. The third-order valence-electron chi connectivity index (χ3n) is 10.3. The number of piperidine rings is 1. The van der Waals surface area contributed by atoms with Gasteiger partial charge in [-0.2, -0.15) is 0 Å². The Morgan fingerprint density at radius 2 is 1.68 bits per heavy atom. The zero-order valence-electron chi connectivity index (χ0n) is 25.0. The van der Waals surface area contributed by atoms with E-state index in [1.165, 1.54) is 23.6 Å². The van der Waals surface area contributed by atoms with E-state index in [-0.39, 0.29) is 41.6 Å². The summed E-state index contributed by atoms with van der Waals surface area (Å²) in [6.45, 7) is 4.06. The first-order valence-corrected chi connectivity index (χ1v) is 15.5. The number of allylic oxidation sites excluding steroid dienone is 6. The summed E-state index contributed by atoms with van der Waals surface area (Å²) in [6.07, 6.45) is 5.37. The molecule has 1 N–H and O–H groups in total. The number of phenolic OH excluding ortho intramolecular Hbond substituents is 1. The number of hydrogen-bond donors (Lipinski definition) is 1. The van der Waals surface area contributed by atoms with Crippen LogP contribution in [0.15, 0.2) is 83.0 Å². The second-order valence-corrected chi connectivity index (χ2v) is 12.7. The Kier molecular flexibility index (Phi) is 7.12. The van der Waals surface area contributed by atoms with Gasteiger partial charge in [-0.15, -0.1) is 0 Å². The zero-order chi connectivity index (χ0) is 30.7. The molecule has 4 unspecified atom stereocenters. The fourth-order valence-electron chi connectivity index (χ4n) is 8.28. The highest BCUT2D eigenvalue weighted by molar-refractivity contribution is 6.23. The van der Waals surface area contributed by atoms with Gasteiger partial charge in [-0.25, -0.2) is 0 Å². The fourth-order valence-corrected chi connectivity index (χ4v) is 8.28. The number of ketones is 2. The third-order valence-corrected chi connectivity index (χ3v) is 10.3. The minimum Gasteiger partial charge on any atom is -0.507 e. The predicted molar refractivity (Wildman–Crippen MR) is 163 cm³/mol. The summed E-state index contributed by atoms with van der Waals surface area (Å²) in [6, 6.07) is 15.1. The topological polar surface area (TPSA) is 104 Å². The number of fused-ring (bicyclic) bond motifs is 3. The first-order valence-electron chi connectivity index (χ1n) is 15.5. The van der Waals surface area contributed by atoms with Gasteiger partial charge in [0.15, 0.2) is 11.6 Å². The van der Waals surface area contributed by atoms with Crippen LogP contribution in [0, 0.1) is 17.8 Å². The van der Waals surface area contributed by atoms with Crippen molar-refractivity contribution in [1.29, 1.82) is 0 Å². The molecule has 0 aromatic heterocycles. The highest BCUT2D eigenvalue weighted by Gasteiger charge is 2.58. The maximum Gasteiger partial charge on any atom is 0.233 e. The molecule has 0 saturated carbocycles. The first kappa shape index (κ1) is 28.5. The number of ether oxygens (including phenoxy) is 1. The monoisotopic (exact) mass is 592 g/mol. The van der Waals surface area contributed by atoms with Crippen LogP contribution in [0.4, 0.5) is 0 Å².